The van der Waals surface area contributed by atoms with Crippen LogP contribution >= 0.6 is 23.1 Å². The number of thioether (sulfide) groups is 1. The zero-order chi connectivity index (χ0) is 25.9. The third-order valence-electron chi connectivity index (χ3n) is 6.24. The molecule has 1 unspecified atom stereocenters. The maximum atomic E-state index is 13.1. The van der Waals surface area contributed by atoms with Crippen molar-refractivity contribution in [3.05, 3.63) is 81.7 Å². The Hall–Kier alpha value is -3.65. The lowest BCUT2D eigenvalue weighted by molar-refractivity contribution is -0.705. The largest absolute Gasteiger partial charge is 0.538 e. The van der Waals surface area contributed by atoms with Crippen LogP contribution in [0.4, 0.5) is 5.00 Å². The topological polar surface area (TPSA) is 109 Å². The zero-order valence-electron chi connectivity index (χ0n) is 20.4. The molecule has 188 valence electrons. The molecule has 1 amide bonds. The van der Waals surface area contributed by atoms with Crippen LogP contribution < -0.4 is 15.1 Å². The fourth-order valence-electron chi connectivity index (χ4n) is 4.26. The van der Waals surface area contributed by atoms with Crippen molar-refractivity contribution in [3.8, 4) is 17.7 Å². The lowest BCUT2D eigenvalue weighted by Crippen LogP contribution is -2.36. The molecule has 0 saturated heterocycles. The molecule has 37 heavy (non-hydrogen) atoms. The first-order valence-corrected chi connectivity index (χ1v) is 13.6. The van der Waals surface area contributed by atoms with Crippen molar-refractivity contribution in [2.75, 3.05) is 11.9 Å². The van der Waals surface area contributed by atoms with E-state index in [1.165, 1.54) is 21.6 Å². The molecule has 0 bridgehead atoms. The van der Waals surface area contributed by atoms with Gasteiger partial charge in [-0.15, -0.1) is 11.3 Å². The number of hydrogen-bond donors (Lipinski definition) is 1. The smallest absolute Gasteiger partial charge is 0.298 e. The summed E-state index contributed by atoms with van der Waals surface area (Å²) in [6.45, 7) is 6.11. The highest BCUT2D eigenvalue weighted by atomic mass is 32.2. The summed E-state index contributed by atoms with van der Waals surface area (Å²) >= 11 is 2.53. The van der Waals surface area contributed by atoms with Crippen LogP contribution in [0.25, 0.3) is 5.69 Å². The number of fused-ring (bicyclic) bond motifs is 1. The van der Waals surface area contributed by atoms with Gasteiger partial charge in [0.2, 0.25) is 11.6 Å². The Kier molecular flexibility index (Phi) is 7.28. The first-order valence-electron chi connectivity index (χ1n) is 11.9. The van der Waals surface area contributed by atoms with Crippen molar-refractivity contribution in [1.29, 1.82) is 5.26 Å². The summed E-state index contributed by atoms with van der Waals surface area (Å²) < 4.78 is 6.29. The lowest BCUT2D eigenvalue weighted by Gasteiger charge is -2.26. The molecule has 3 heterocycles. The van der Waals surface area contributed by atoms with Gasteiger partial charge in [0.1, 0.15) is 11.1 Å². The number of carbonyl (C=O) groups excluding carboxylic acids is 1. The van der Waals surface area contributed by atoms with Crippen molar-refractivity contribution >= 4 is 34.0 Å². The van der Waals surface area contributed by atoms with E-state index >= 15 is 0 Å². The van der Waals surface area contributed by atoms with Crippen LogP contribution in [0.15, 0.2) is 64.1 Å². The van der Waals surface area contributed by atoms with Crippen LogP contribution in [0.5, 0.6) is 5.95 Å². The van der Waals surface area contributed by atoms with E-state index in [4.69, 9.17) is 4.52 Å². The average molecular weight is 532 g/mol. The van der Waals surface area contributed by atoms with Gasteiger partial charge in [0, 0.05) is 36.6 Å². The summed E-state index contributed by atoms with van der Waals surface area (Å²) in [5.74, 6) is -0.898. The van der Waals surface area contributed by atoms with Gasteiger partial charge in [-0.1, -0.05) is 48.0 Å². The molecule has 10 heteroatoms. The number of aromatic nitrogens is 2. The maximum Gasteiger partial charge on any atom is 0.298 e. The van der Waals surface area contributed by atoms with Crippen LogP contribution in [0.1, 0.15) is 34.1 Å². The normalized spacial score (nSPS) is 14.1. The third-order valence-corrected chi connectivity index (χ3v) is 8.50. The number of thiophene rings is 1. The summed E-state index contributed by atoms with van der Waals surface area (Å²) in [6.07, 6.45) is 0.762. The Bertz CT molecular complexity index is 1460. The van der Waals surface area contributed by atoms with E-state index in [-0.39, 0.29) is 10.9 Å². The number of hydrogen-bond acceptors (Lipinski definition) is 8. The molecular weight excluding hydrogens is 506 g/mol. The minimum atomic E-state index is -0.621. The number of nitriles is 1. The highest BCUT2D eigenvalue weighted by Gasteiger charge is 2.29. The van der Waals surface area contributed by atoms with Crippen LogP contribution in [0, 0.1) is 18.3 Å². The lowest BCUT2D eigenvalue weighted by atomic mass is 10.0. The van der Waals surface area contributed by atoms with Crippen molar-refractivity contribution in [2.45, 2.75) is 43.6 Å². The Morgan fingerprint density at radius 2 is 2.05 bits per heavy atom. The molecule has 1 N–H and O–H groups in total. The van der Waals surface area contributed by atoms with Gasteiger partial charge in [0.25, 0.3) is 5.03 Å². The number of carbonyl (C=O) groups is 1. The van der Waals surface area contributed by atoms with Gasteiger partial charge in [-0.3, -0.25) is 9.69 Å². The van der Waals surface area contributed by atoms with Crippen molar-refractivity contribution in [3.63, 3.8) is 0 Å². The summed E-state index contributed by atoms with van der Waals surface area (Å²) in [7, 11) is 0. The Balaban J connectivity index is 1.29. The standard InChI is InChI=1S/C27H25N5O3S2/c1-17-8-10-20(11-9-17)32-26(27(34)35-30-32)36-18(2)24(33)29-25-22(14-28)21-12-13-31(16-23(21)37-25)15-19-6-4-3-5-7-19/h3-11,18H,12-13,15-16H2,1-2H3,(H-,29,30,33,34). The van der Waals surface area contributed by atoms with E-state index in [9.17, 15) is 15.2 Å². The minimum Gasteiger partial charge on any atom is -0.538 e. The van der Waals surface area contributed by atoms with E-state index < -0.39 is 11.2 Å². The van der Waals surface area contributed by atoms with Gasteiger partial charge >= 0.3 is 0 Å². The number of anilines is 1. The molecule has 8 nitrogen and oxygen atoms in total. The highest BCUT2D eigenvalue weighted by Crippen LogP contribution is 2.38. The van der Waals surface area contributed by atoms with Crippen LogP contribution in [-0.2, 0) is 24.3 Å². The number of rotatable bonds is 7. The summed E-state index contributed by atoms with van der Waals surface area (Å²) in [5, 5.41) is 29.2. The molecule has 1 aliphatic heterocycles. The van der Waals surface area contributed by atoms with Gasteiger partial charge in [-0.25, -0.2) is 0 Å². The van der Waals surface area contributed by atoms with Crippen molar-refractivity contribution < 1.29 is 19.1 Å². The highest BCUT2D eigenvalue weighted by molar-refractivity contribution is 8.00. The number of nitrogens with one attached hydrogen (secondary N) is 1. The molecule has 0 spiro atoms. The van der Waals surface area contributed by atoms with Crippen molar-refractivity contribution in [1.82, 2.24) is 10.2 Å². The molecule has 1 atom stereocenters. The molecule has 0 saturated carbocycles. The monoisotopic (exact) mass is 531 g/mol. The predicted octanol–water partition coefficient (Wildman–Crippen LogP) is 3.94. The number of benzene rings is 2. The van der Waals surface area contributed by atoms with Crippen LogP contribution in [0.2, 0.25) is 0 Å². The predicted molar refractivity (Wildman–Crippen MR) is 139 cm³/mol. The van der Waals surface area contributed by atoms with Crippen LogP contribution in [-0.4, -0.2) is 27.9 Å². The second-order valence-corrected chi connectivity index (χ2v) is 11.4. The molecule has 0 fully saturated rings. The van der Waals surface area contributed by atoms with E-state index in [1.807, 2.05) is 49.4 Å². The fourth-order valence-corrected chi connectivity index (χ4v) is 6.38. The molecule has 4 aromatic rings. The summed E-state index contributed by atoms with van der Waals surface area (Å²) in [4.78, 5) is 16.6. The molecular formula is C27H25N5O3S2. The van der Waals surface area contributed by atoms with E-state index in [0.29, 0.717) is 16.3 Å². The van der Waals surface area contributed by atoms with Gasteiger partial charge in [-0.2, -0.15) is 5.26 Å². The SMILES string of the molecule is Cc1ccc(-[n+]2noc([O-])c2SC(C)C(=O)Nc2sc3c(c2C#N)CCN(Cc2ccccc2)C3)cc1. The Morgan fingerprint density at radius 1 is 1.30 bits per heavy atom. The first kappa shape index (κ1) is 25.0. The molecule has 2 aromatic carbocycles. The maximum absolute atomic E-state index is 13.1. The molecule has 1 aliphatic rings. The first-order chi connectivity index (χ1) is 17.9. The second-order valence-electron chi connectivity index (χ2n) is 8.93. The van der Waals surface area contributed by atoms with Gasteiger partial charge in [0.15, 0.2) is 5.95 Å². The number of amides is 1. The Morgan fingerprint density at radius 3 is 2.78 bits per heavy atom. The van der Waals surface area contributed by atoms with Gasteiger partial charge in [0.05, 0.1) is 16.1 Å². The van der Waals surface area contributed by atoms with Crippen LogP contribution in [0.3, 0.4) is 0 Å². The quantitative estimate of drug-likeness (QED) is 0.284. The van der Waals surface area contributed by atoms with Gasteiger partial charge < -0.3 is 14.9 Å². The minimum absolute atomic E-state index is 0.217. The Labute approximate surface area is 223 Å². The van der Waals surface area contributed by atoms with E-state index in [1.54, 1.807) is 6.92 Å². The second kappa shape index (κ2) is 10.8. The number of aryl methyl sites for hydroxylation is 1. The van der Waals surface area contributed by atoms with E-state index in [0.717, 1.165) is 53.8 Å². The zero-order valence-corrected chi connectivity index (χ0v) is 22.1. The van der Waals surface area contributed by atoms with Crippen molar-refractivity contribution in [2.24, 2.45) is 0 Å². The number of nitrogens with zero attached hydrogens (tertiary/aromatic N) is 4. The van der Waals surface area contributed by atoms with Gasteiger partial charge in [-0.05, 0) is 47.8 Å². The summed E-state index contributed by atoms with van der Waals surface area (Å²) in [5.41, 5.74) is 4.55. The molecule has 0 aliphatic carbocycles. The fraction of sp³-hybridized carbons (Fsp3) is 0.259. The average Bonchev–Trinajstić information content (AvgIpc) is 3.43. The molecule has 5 rings (SSSR count). The molecule has 0 radical (unpaired) electrons. The summed E-state index contributed by atoms with van der Waals surface area (Å²) in [6, 6.07) is 20.1. The molecule has 2 aromatic heterocycles. The third kappa shape index (κ3) is 5.39. The van der Waals surface area contributed by atoms with E-state index in [2.05, 4.69) is 33.7 Å².